The zero-order valence-corrected chi connectivity index (χ0v) is 19.3. The minimum Gasteiger partial charge on any atom is -0.338 e. The number of halogens is 2. The maximum atomic E-state index is 13.1. The van der Waals surface area contributed by atoms with Gasteiger partial charge in [-0.05, 0) is 48.9 Å². The minimum atomic E-state index is -3.92. The molecule has 11 heteroatoms. The van der Waals surface area contributed by atoms with Gasteiger partial charge in [0, 0.05) is 43.9 Å². The Morgan fingerprint density at radius 3 is 2.25 bits per heavy atom. The molecule has 0 unspecified atom stereocenters. The Labute approximate surface area is 191 Å². The van der Waals surface area contributed by atoms with Crippen LogP contribution in [0.4, 0.5) is 14.9 Å². The quantitative estimate of drug-likeness (QED) is 0.709. The van der Waals surface area contributed by atoms with E-state index in [1.165, 1.54) is 11.9 Å². The first-order valence-electron chi connectivity index (χ1n) is 9.89. The zero-order chi connectivity index (χ0) is 23.5. The first kappa shape index (κ1) is 24.0. The van der Waals surface area contributed by atoms with Gasteiger partial charge >= 0.3 is 6.03 Å². The fourth-order valence-corrected chi connectivity index (χ4v) is 4.49. The lowest BCUT2D eigenvalue weighted by Crippen LogP contribution is -2.53. The minimum absolute atomic E-state index is 0.0908. The molecule has 0 spiro atoms. The van der Waals surface area contributed by atoms with Gasteiger partial charge in [-0.15, -0.1) is 0 Å². The lowest BCUT2D eigenvalue weighted by molar-refractivity contribution is -0.132. The molecule has 1 aliphatic heterocycles. The molecular weight excluding hydrogens is 459 g/mol. The summed E-state index contributed by atoms with van der Waals surface area (Å²) in [4.78, 5) is 28.1. The topological polar surface area (TPSA) is 90.0 Å². The molecule has 3 amide bonds. The fourth-order valence-electron chi connectivity index (χ4n) is 3.19. The Morgan fingerprint density at radius 1 is 1.06 bits per heavy atom. The highest BCUT2D eigenvalue weighted by Gasteiger charge is 2.28. The molecule has 0 bridgehead atoms. The smallest absolute Gasteiger partial charge is 0.321 e. The van der Waals surface area contributed by atoms with Crippen molar-refractivity contribution in [1.29, 1.82) is 0 Å². The summed E-state index contributed by atoms with van der Waals surface area (Å²) >= 11 is 6.08. The summed E-state index contributed by atoms with van der Waals surface area (Å²) in [7, 11) is -2.62. The lowest BCUT2D eigenvalue weighted by atomic mass is 10.2. The highest BCUT2D eigenvalue weighted by Crippen LogP contribution is 2.20. The number of carbonyl (C=O) groups is 2. The summed E-state index contributed by atoms with van der Waals surface area (Å²) in [5.41, 5.74) is 1.49. The standard InChI is InChI=1S/C21H24ClFN4O4S/c1-15-3-6-17(13-19(15)22)24-21(29)27-11-9-26(10-12-27)20(28)14-25(2)32(30,31)18-7-4-16(23)5-8-18/h3-8,13H,9-12,14H2,1-2H3,(H,24,29). The number of sulfonamides is 1. The van der Waals surface area contributed by atoms with Crippen LogP contribution >= 0.6 is 11.6 Å². The number of hydrogen-bond acceptors (Lipinski definition) is 4. The van der Waals surface area contributed by atoms with Gasteiger partial charge in [0.15, 0.2) is 0 Å². The Kier molecular flexibility index (Phi) is 7.37. The van der Waals surface area contributed by atoms with Gasteiger partial charge in [0.05, 0.1) is 11.4 Å². The van der Waals surface area contributed by atoms with Crippen LogP contribution in [-0.4, -0.2) is 74.2 Å². The van der Waals surface area contributed by atoms with Gasteiger partial charge in [-0.2, -0.15) is 4.31 Å². The Morgan fingerprint density at radius 2 is 1.66 bits per heavy atom. The van der Waals surface area contributed by atoms with Crippen molar-refractivity contribution < 1.29 is 22.4 Å². The first-order chi connectivity index (χ1) is 15.1. The molecule has 1 saturated heterocycles. The predicted molar refractivity (Wildman–Crippen MR) is 120 cm³/mol. The molecule has 2 aromatic rings. The van der Waals surface area contributed by atoms with Gasteiger partial charge in [0.1, 0.15) is 5.82 Å². The normalized spacial score (nSPS) is 14.5. The van der Waals surface area contributed by atoms with Crippen LogP contribution in [0.5, 0.6) is 0 Å². The molecule has 1 aliphatic rings. The Bertz CT molecular complexity index is 1100. The third kappa shape index (κ3) is 5.56. The van der Waals surface area contributed by atoms with Crippen molar-refractivity contribution in [3.8, 4) is 0 Å². The summed E-state index contributed by atoms with van der Waals surface area (Å²) in [6.45, 7) is 2.70. The van der Waals surface area contributed by atoms with Crippen LogP contribution < -0.4 is 5.32 Å². The molecule has 0 aliphatic carbocycles. The van der Waals surface area contributed by atoms with Crippen LogP contribution in [0.15, 0.2) is 47.4 Å². The van der Waals surface area contributed by atoms with Crippen molar-refractivity contribution in [3.05, 3.63) is 58.9 Å². The number of nitrogens with zero attached hydrogens (tertiary/aromatic N) is 3. The number of likely N-dealkylation sites (N-methyl/N-ethyl adjacent to an activating group) is 1. The molecule has 1 N–H and O–H groups in total. The van der Waals surface area contributed by atoms with E-state index >= 15 is 0 Å². The number of rotatable bonds is 5. The van der Waals surface area contributed by atoms with E-state index in [2.05, 4.69) is 5.32 Å². The number of amides is 3. The summed E-state index contributed by atoms with van der Waals surface area (Å²) in [5.74, 6) is -0.918. The van der Waals surface area contributed by atoms with Crippen LogP contribution in [0, 0.1) is 12.7 Å². The molecule has 1 heterocycles. The summed E-state index contributed by atoms with van der Waals surface area (Å²) in [6, 6.07) is 9.37. The van der Waals surface area contributed by atoms with Crippen LogP contribution in [0.1, 0.15) is 5.56 Å². The second kappa shape index (κ2) is 9.85. The summed E-state index contributed by atoms with van der Waals surface area (Å²) in [5, 5.41) is 3.34. The summed E-state index contributed by atoms with van der Waals surface area (Å²) < 4.78 is 39.2. The van der Waals surface area contributed by atoms with Crippen molar-refractivity contribution in [2.45, 2.75) is 11.8 Å². The van der Waals surface area contributed by atoms with Gasteiger partial charge in [-0.3, -0.25) is 4.79 Å². The zero-order valence-electron chi connectivity index (χ0n) is 17.7. The summed E-state index contributed by atoms with van der Waals surface area (Å²) in [6.07, 6.45) is 0. The van der Waals surface area contributed by atoms with Crippen LogP contribution in [-0.2, 0) is 14.8 Å². The maximum Gasteiger partial charge on any atom is 0.321 e. The van der Waals surface area contributed by atoms with E-state index < -0.39 is 15.8 Å². The number of aryl methyl sites for hydroxylation is 1. The highest BCUT2D eigenvalue weighted by atomic mass is 35.5. The van der Waals surface area contributed by atoms with E-state index in [0.29, 0.717) is 23.8 Å². The second-order valence-corrected chi connectivity index (χ2v) is 9.93. The number of benzene rings is 2. The number of urea groups is 1. The first-order valence-corrected chi connectivity index (χ1v) is 11.7. The van der Waals surface area contributed by atoms with E-state index in [1.807, 2.05) is 13.0 Å². The van der Waals surface area contributed by atoms with Crippen molar-refractivity contribution >= 4 is 39.2 Å². The third-order valence-corrected chi connectivity index (χ3v) is 7.45. The Balaban J connectivity index is 1.53. The van der Waals surface area contributed by atoms with Gasteiger partial charge in [-0.25, -0.2) is 17.6 Å². The average Bonchev–Trinajstić information content (AvgIpc) is 2.76. The molecule has 32 heavy (non-hydrogen) atoms. The fraction of sp³-hybridized carbons (Fsp3) is 0.333. The molecule has 172 valence electrons. The van der Waals surface area contributed by atoms with Crippen LogP contribution in [0.2, 0.25) is 5.02 Å². The molecule has 1 fully saturated rings. The molecule has 8 nitrogen and oxygen atoms in total. The van der Waals surface area contributed by atoms with Crippen molar-refractivity contribution in [2.75, 3.05) is 45.1 Å². The molecular formula is C21H24ClFN4O4S. The number of anilines is 1. The number of carbonyl (C=O) groups excluding carboxylic acids is 2. The van der Waals surface area contributed by atoms with Gasteiger partial charge in [0.2, 0.25) is 15.9 Å². The molecule has 0 radical (unpaired) electrons. The predicted octanol–water partition coefficient (Wildman–Crippen LogP) is 2.78. The van der Waals surface area contributed by atoms with E-state index in [-0.39, 0.29) is 36.5 Å². The number of piperazine rings is 1. The van der Waals surface area contributed by atoms with Crippen molar-refractivity contribution in [2.24, 2.45) is 0 Å². The highest BCUT2D eigenvalue weighted by molar-refractivity contribution is 7.89. The second-order valence-electron chi connectivity index (χ2n) is 7.48. The molecule has 2 aromatic carbocycles. The monoisotopic (exact) mass is 482 g/mol. The van der Waals surface area contributed by atoms with Gasteiger partial charge in [0.25, 0.3) is 0 Å². The van der Waals surface area contributed by atoms with Gasteiger partial charge in [-0.1, -0.05) is 17.7 Å². The average molecular weight is 483 g/mol. The lowest BCUT2D eigenvalue weighted by Gasteiger charge is -2.35. The van der Waals surface area contributed by atoms with E-state index in [1.54, 1.807) is 17.0 Å². The molecule has 0 atom stereocenters. The van der Waals surface area contributed by atoms with Gasteiger partial charge < -0.3 is 15.1 Å². The molecule has 0 aromatic heterocycles. The van der Waals surface area contributed by atoms with E-state index in [9.17, 15) is 22.4 Å². The van der Waals surface area contributed by atoms with Crippen molar-refractivity contribution in [1.82, 2.24) is 14.1 Å². The SMILES string of the molecule is Cc1ccc(NC(=O)N2CCN(C(=O)CN(C)S(=O)(=O)c3ccc(F)cc3)CC2)cc1Cl. The molecule has 0 saturated carbocycles. The Hall–Kier alpha value is -2.69. The maximum absolute atomic E-state index is 13.1. The molecule has 3 rings (SSSR count). The van der Waals surface area contributed by atoms with Crippen LogP contribution in [0.25, 0.3) is 0 Å². The van der Waals surface area contributed by atoms with E-state index in [4.69, 9.17) is 11.6 Å². The van der Waals surface area contributed by atoms with E-state index in [0.717, 1.165) is 34.1 Å². The number of nitrogens with one attached hydrogen (secondary N) is 1. The number of hydrogen-bond donors (Lipinski definition) is 1. The van der Waals surface area contributed by atoms with Crippen molar-refractivity contribution in [3.63, 3.8) is 0 Å². The largest absolute Gasteiger partial charge is 0.338 e. The van der Waals surface area contributed by atoms with Crippen LogP contribution in [0.3, 0.4) is 0 Å². The third-order valence-electron chi connectivity index (χ3n) is 5.22.